The number of anilines is 1. The molecule has 2 atom stereocenters. The van der Waals surface area contributed by atoms with Crippen LogP contribution in [0.3, 0.4) is 0 Å². The molecule has 36 heavy (non-hydrogen) atoms. The van der Waals surface area contributed by atoms with E-state index in [-0.39, 0.29) is 28.8 Å². The Morgan fingerprint density at radius 3 is 2.94 bits per heavy atom. The number of nitrogens with two attached hydrogens (primary N) is 1. The summed E-state index contributed by atoms with van der Waals surface area (Å²) in [6, 6.07) is 2.64. The van der Waals surface area contributed by atoms with E-state index in [1.807, 2.05) is 12.3 Å². The summed E-state index contributed by atoms with van der Waals surface area (Å²) < 4.78 is 3.59. The number of hydrogen-bond donors (Lipinski definition) is 2. The molecule has 1 aromatic heterocycles. The number of carboxylic acids is 1. The highest BCUT2D eigenvalue weighted by atomic mass is 35.5. The lowest BCUT2D eigenvalue weighted by atomic mass is 10.0. The average molecular weight is 548 g/mol. The average Bonchev–Trinajstić information content (AvgIpc) is 3.45. The van der Waals surface area contributed by atoms with Gasteiger partial charge in [-0.05, 0) is 17.2 Å². The highest BCUT2D eigenvalue weighted by Crippen LogP contribution is 2.40. The number of aliphatic carboxylic acids is 1. The molecule has 0 bridgehead atoms. The molecule has 2 amide bonds. The van der Waals surface area contributed by atoms with Gasteiger partial charge >= 0.3 is 0 Å². The number of nitrogen functional groups attached to an aromatic ring is 1. The molecule has 0 saturated carbocycles. The maximum atomic E-state index is 13.0. The largest absolute Gasteiger partial charge is 0.543 e. The zero-order chi connectivity index (χ0) is 25.6. The highest BCUT2D eigenvalue weighted by molar-refractivity contribution is 8.00. The van der Waals surface area contributed by atoms with Crippen molar-refractivity contribution in [3.8, 4) is 5.69 Å². The van der Waals surface area contributed by atoms with Crippen LogP contribution < -0.4 is 20.7 Å². The van der Waals surface area contributed by atoms with Crippen molar-refractivity contribution in [1.29, 1.82) is 0 Å². The molecule has 1 fully saturated rings. The van der Waals surface area contributed by atoms with Gasteiger partial charge in [-0.15, -0.1) is 27.7 Å². The number of rotatable bonds is 7. The Morgan fingerprint density at radius 2 is 2.25 bits per heavy atom. The van der Waals surface area contributed by atoms with Crippen LogP contribution in [0.4, 0.5) is 5.13 Å². The van der Waals surface area contributed by atoms with Gasteiger partial charge in [0.2, 0.25) is 5.69 Å². The number of nitrogens with zero attached hydrogens (tertiary/aromatic N) is 5. The van der Waals surface area contributed by atoms with Gasteiger partial charge in [0.1, 0.15) is 24.2 Å². The maximum Gasteiger partial charge on any atom is 0.281 e. The van der Waals surface area contributed by atoms with E-state index in [2.05, 4.69) is 15.5 Å². The molecule has 5 heterocycles. The molecule has 0 spiro atoms. The van der Waals surface area contributed by atoms with Crippen molar-refractivity contribution in [2.45, 2.75) is 18.0 Å². The fourth-order valence-corrected chi connectivity index (χ4v) is 6.18. The monoisotopic (exact) mass is 547 g/mol. The van der Waals surface area contributed by atoms with E-state index in [9.17, 15) is 19.5 Å². The molecular formula is C21H18ClN7O5S2. The number of aromatic nitrogens is 3. The molecule has 0 unspecified atom stereocenters. The van der Waals surface area contributed by atoms with Crippen molar-refractivity contribution in [3.63, 3.8) is 0 Å². The van der Waals surface area contributed by atoms with Gasteiger partial charge in [0.15, 0.2) is 17.0 Å². The predicted molar refractivity (Wildman–Crippen MR) is 129 cm³/mol. The lowest BCUT2D eigenvalue weighted by Gasteiger charge is -2.50. The molecule has 0 radical (unpaired) electrons. The minimum Gasteiger partial charge on any atom is -0.543 e. The van der Waals surface area contributed by atoms with Gasteiger partial charge in [-0.1, -0.05) is 5.16 Å². The first-order chi connectivity index (χ1) is 17.3. The Kier molecular flexibility index (Phi) is 6.32. The third-order valence-electron chi connectivity index (χ3n) is 5.67. The molecular weight excluding hydrogens is 530 g/mol. The van der Waals surface area contributed by atoms with Gasteiger partial charge in [0.25, 0.3) is 17.0 Å². The van der Waals surface area contributed by atoms with Gasteiger partial charge in [-0.2, -0.15) is 0 Å². The van der Waals surface area contributed by atoms with Gasteiger partial charge in [-0.25, -0.2) is 4.98 Å². The first kappa shape index (κ1) is 24.1. The van der Waals surface area contributed by atoms with Crippen LogP contribution in [0.1, 0.15) is 5.69 Å². The standard InChI is InChI=1S/C21H18ClN7O5S2/c1-34-26-14(12-9-36-21(23)24-12)17(30)25-15-18(31)29-16(20(32)33)10(8-35-19(15)29)6-27-4-5-28-11(7-27)2-3-13(28)22/h2-5,7,9,15,19H,6,8H2,1H3,(H3-,23,24,25,30,32,33)/b26-14-/t15-,19+/m1/s1. The van der Waals surface area contributed by atoms with Gasteiger partial charge in [0, 0.05) is 29.8 Å². The number of β-lactam (4-membered cyclic amide) rings is 1. The summed E-state index contributed by atoms with van der Waals surface area (Å²) in [6.07, 6.45) is 5.36. The Balaban J connectivity index is 1.36. The second-order valence-electron chi connectivity index (χ2n) is 7.84. The molecule has 186 valence electrons. The van der Waals surface area contributed by atoms with Crippen molar-refractivity contribution in [3.05, 3.63) is 58.2 Å². The van der Waals surface area contributed by atoms with Crippen LogP contribution in [0.25, 0.3) is 5.69 Å². The SMILES string of the molecule is CO/N=C(\C(=O)N[C@@H]1C(=O)N2C(C(=O)[O-])=C(Cn3cc[n+]4c(Cl)ccc-4c3)CS[C@@H]12)c1csc(N)n1. The summed E-state index contributed by atoms with van der Waals surface area (Å²) >= 11 is 8.59. The van der Waals surface area contributed by atoms with Crippen molar-refractivity contribution < 1.29 is 28.9 Å². The van der Waals surface area contributed by atoms with Crippen LogP contribution in [0, 0.1) is 0 Å². The Bertz CT molecular complexity index is 1420. The number of thioether (sulfide) groups is 1. The quantitative estimate of drug-likeness (QED) is 0.171. The zero-order valence-corrected chi connectivity index (χ0v) is 21.0. The number of fused-ring (bicyclic) bond motifs is 2. The summed E-state index contributed by atoms with van der Waals surface area (Å²) in [5.74, 6) is -2.39. The van der Waals surface area contributed by atoms with Crippen LogP contribution in [0.5, 0.6) is 0 Å². The number of carbonyl (C=O) groups is 3. The summed E-state index contributed by atoms with van der Waals surface area (Å²) in [7, 11) is 1.27. The van der Waals surface area contributed by atoms with Crippen LogP contribution in [0.15, 0.2) is 52.5 Å². The topological polar surface area (TPSA) is 159 Å². The fraction of sp³-hybridized carbons (Fsp3) is 0.238. The van der Waals surface area contributed by atoms with Crippen LogP contribution in [-0.2, 0) is 25.8 Å². The zero-order valence-electron chi connectivity index (χ0n) is 18.6. The van der Waals surface area contributed by atoms with E-state index in [1.165, 1.54) is 24.3 Å². The van der Waals surface area contributed by atoms with E-state index >= 15 is 0 Å². The number of nitrogens with one attached hydrogen (secondary N) is 1. The Morgan fingerprint density at radius 1 is 1.44 bits per heavy atom. The third kappa shape index (κ3) is 4.16. The maximum absolute atomic E-state index is 13.0. The number of thiazole rings is 1. The third-order valence-corrected chi connectivity index (χ3v) is 7.99. The van der Waals surface area contributed by atoms with Crippen LogP contribution >= 0.6 is 34.7 Å². The van der Waals surface area contributed by atoms with Crippen molar-refractivity contribution in [2.75, 3.05) is 18.6 Å². The second-order valence-corrected chi connectivity index (χ2v) is 10.2. The van der Waals surface area contributed by atoms with E-state index in [4.69, 9.17) is 22.2 Å². The smallest absolute Gasteiger partial charge is 0.281 e. The molecule has 1 saturated heterocycles. The minimum absolute atomic E-state index is 0.147. The molecule has 1 aromatic rings. The summed E-state index contributed by atoms with van der Waals surface area (Å²) in [5, 5.41) is 20.1. The number of amides is 2. The van der Waals surface area contributed by atoms with E-state index < -0.39 is 29.2 Å². The number of carbonyl (C=O) groups excluding carboxylic acids is 3. The minimum atomic E-state index is -1.46. The predicted octanol–water partition coefficient (Wildman–Crippen LogP) is -0.651. The van der Waals surface area contributed by atoms with Crippen molar-refractivity contribution in [2.24, 2.45) is 5.16 Å². The molecule has 0 aromatic carbocycles. The Hall–Kier alpha value is -3.62. The summed E-state index contributed by atoms with van der Waals surface area (Å²) in [5.41, 5.74) is 6.85. The number of hydrogen-bond acceptors (Lipinski definition) is 10. The molecule has 3 N–H and O–H groups in total. The highest BCUT2D eigenvalue weighted by Gasteiger charge is 2.53. The lowest BCUT2D eigenvalue weighted by Crippen LogP contribution is -2.71. The number of oxime groups is 1. The number of carboxylic acid groups (broad SMARTS) is 1. The van der Waals surface area contributed by atoms with Crippen LogP contribution in [-0.4, -0.2) is 62.2 Å². The van der Waals surface area contributed by atoms with Crippen molar-refractivity contribution in [1.82, 2.24) is 19.8 Å². The first-order valence-electron chi connectivity index (χ1n) is 10.5. The molecule has 4 aliphatic rings. The van der Waals surface area contributed by atoms with Gasteiger partial charge in [0.05, 0.1) is 24.1 Å². The normalized spacial score (nSPS) is 19.8. The summed E-state index contributed by atoms with van der Waals surface area (Å²) in [6.45, 7) is 0.235. The fourth-order valence-electron chi connectivity index (χ4n) is 4.08. The molecule has 15 heteroatoms. The van der Waals surface area contributed by atoms with E-state index in [0.29, 0.717) is 16.5 Å². The second kappa shape index (κ2) is 9.44. The molecule has 12 nitrogen and oxygen atoms in total. The van der Waals surface area contributed by atoms with Crippen LogP contribution in [0.2, 0.25) is 5.15 Å². The van der Waals surface area contributed by atoms with E-state index in [0.717, 1.165) is 21.9 Å². The van der Waals surface area contributed by atoms with Gasteiger partial charge < -0.3 is 30.4 Å². The van der Waals surface area contributed by atoms with E-state index in [1.54, 1.807) is 27.6 Å². The molecule has 5 rings (SSSR count). The molecule has 0 aliphatic carbocycles. The first-order valence-corrected chi connectivity index (χ1v) is 12.8. The number of halogens is 1. The lowest BCUT2D eigenvalue weighted by molar-refractivity contribution is -0.591. The Labute approximate surface area is 217 Å². The van der Waals surface area contributed by atoms with Gasteiger partial charge in [-0.3, -0.25) is 14.5 Å². The summed E-state index contributed by atoms with van der Waals surface area (Å²) in [4.78, 5) is 47.9. The van der Waals surface area contributed by atoms with Crippen molar-refractivity contribution >= 4 is 63.3 Å². The molecule has 4 aliphatic heterocycles.